The summed E-state index contributed by atoms with van der Waals surface area (Å²) in [6.07, 6.45) is 5.45. The van der Waals surface area contributed by atoms with E-state index in [4.69, 9.17) is 9.84 Å². The lowest BCUT2D eigenvalue weighted by Crippen LogP contribution is -2.03. The van der Waals surface area contributed by atoms with Gasteiger partial charge in [0.2, 0.25) is 0 Å². The maximum Gasteiger partial charge on any atom is 0.303 e. The molecule has 5 heteroatoms. The molecule has 0 spiro atoms. The van der Waals surface area contributed by atoms with Crippen LogP contribution < -0.4 is 4.74 Å². The predicted molar refractivity (Wildman–Crippen MR) is 147 cm³/mol. The van der Waals surface area contributed by atoms with Crippen LogP contribution in [0.15, 0.2) is 79.0 Å². The molecule has 0 saturated heterocycles. The number of carboxylic acid groups (broad SMARTS) is 1. The molecule has 1 N–H and O–H groups in total. The van der Waals surface area contributed by atoms with Crippen molar-refractivity contribution in [3.63, 3.8) is 0 Å². The summed E-state index contributed by atoms with van der Waals surface area (Å²) in [5.41, 5.74) is 4.86. The average molecular weight is 498 g/mol. The van der Waals surface area contributed by atoms with Crippen LogP contribution in [0.25, 0.3) is 10.9 Å². The van der Waals surface area contributed by atoms with Crippen LogP contribution in [0.1, 0.15) is 60.2 Å². The minimum atomic E-state index is -0.814. The van der Waals surface area contributed by atoms with Gasteiger partial charge in [0.1, 0.15) is 5.75 Å². The van der Waals surface area contributed by atoms with Gasteiger partial charge in [0.15, 0.2) is 5.78 Å². The fraction of sp³-hybridized carbons (Fsp3) is 0.312. The summed E-state index contributed by atoms with van der Waals surface area (Å²) in [4.78, 5) is 24.2. The Morgan fingerprint density at radius 3 is 2.30 bits per heavy atom. The molecular formula is C32H35NO4. The van der Waals surface area contributed by atoms with Crippen LogP contribution in [0.5, 0.6) is 5.75 Å². The fourth-order valence-electron chi connectivity index (χ4n) is 4.65. The molecule has 4 rings (SSSR count). The largest absolute Gasteiger partial charge is 0.494 e. The molecule has 0 aliphatic heterocycles. The lowest BCUT2D eigenvalue weighted by Gasteiger charge is -2.08. The van der Waals surface area contributed by atoms with Crippen molar-refractivity contribution in [2.45, 2.75) is 52.5 Å². The molecule has 0 bridgehead atoms. The molecule has 0 aliphatic rings. The Hall–Kier alpha value is -3.86. The number of ketones is 1. The van der Waals surface area contributed by atoms with Crippen molar-refractivity contribution in [3.05, 3.63) is 101 Å². The molecule has 37 heavy (non-hydrogen) atoms. The number of rotatable bonds is 13. The van der Waals surface area contributed by atoms with Crippen molar-refractivity contribution < 1.29 is 19.4 Å². The summed E-state index contributed by atoms with van der Waals surface area (Å²) in [5, 5.41) is 9.82. The number of aliphatic carboxylic acids is 1. The first-order valence-corrected chi connectivity index (χ1v) is 13.1. The molecule has 0 saturated carbocycles. The van der Waals surface area contributed by atoms with Crippen molar-refractivity contribution in [3.8, 4) is 5.75 Å². The molecule has 3 aromatic carbocycles. The van der Waals surface area contributed by atoms with Gasteiger partial charge in [-0.3, -0.25) is 9.59 Å². The van der Waals surface area contributed by atoms with Crippen molar-refractivity contribution in [2.75, 3.05) is 6.61 Å². The number of hydrogen-bond acceptors (Lipinski definition) is 3. The number of carbonyl (C=O) groups excluding carboxylic acids is 1. The standard InChI is InChI=1S/C32H35NO4/c1-23(2)21-25-13-11-24(12-14-25)7-6-20-37-27-17-15-26(16-18-27)32(36)29-22-33(19-5-10-31(34)35)30-9-4-3-8-28(29)30/h3-4,8-9,11-18,22-23H,5-7,10,19-21H2,1-2H3,(H,34,35). The van der Waals surface area contributed by atoms with Crippen molar-refractivity contribution in [2.24, 2.45) is 5.92 Å². The summed E-state index contributed by atoms with van der Waals surface area (Å²) in [6.45, 7) is 5.64. The van der Waals surface area contributed by atoms with Crippen LogP contribution >= 0.6 is 0 Å². The van der Waals surface area contributed by atoms with Crippen LogP contribution in [0.2, 0.25) is 0 Å². The van der Waals surface area contributed by atoms with E-state index in [0.717, 1.165) is 35.9 Å². The molecule has 0 fully saturated rings. The van der Waals surface area contributed by atoms with Gasteiger partial charge in [0.25, 0.3) is 0 Å². The highest BCUT2D eigenvalue weighted by molar-refractivity contribution is 6.16. The number of hydrogen-bond donors (Lipinski definition) is 1. The molecule has 0 atom stereocenters. The molecule has 0 radical (unpaired) electrons. The quantitative estimate of drug-likeness (QED) is 0.160. The molecule has 1 heterocycles. The van der Waals surface area contributed by atoms with Gasteiger partial charge in [-0.1, -0.05) is 56.3 Å². The third kappa shape index (κ3) is 7.10. The van der Waals surface area contributed by atoms with Crippen LogP contribution in [0.3, 0.4) is 0 Å². The van der Waals surface area contributed by atoms with Crippen LogP contribution in [0, 0.1) is 5.92 Å². The highest BCUT2D eigenvalue weighted by Gasteiger charge is 2.17. The lowest BCUT2D eigenvalue weighted by molar-refractivity contribution is -0.137. The van der Waals surface area contributed by atoms with Crippen LogP contribution in [0.4, 0.5) is 0 Å². The molecule has 0 aliphatic carbocycles. The van der Waals surface area contributed by atoms with Crippen LogP contribution in [-0.2, 0) is 24.2 Å². The average Bonchev–Trinajstić information content (AvgIpc) is 3.26. The van der Waals surface area contributed by atoms with Gasteiger partial charge in [-0.25, -0.2) is 0 Å². The van der Waals surface area contributed by atoms with Gasteiger partial charge in [-0.05, 0) is 73.1 Å². The van der Waals surface area contributed by atoms with E-state index in [9.17, 15) is 9.59 Å². The van der Waals surface area contributed by atoms with Crippen LogP contribution in [-0.4, -0.2) is 28.0 Å². The lowest BCUT2D eigenvalue weighted by atomic mass is 10.0. The summed E-state index contributed by atoms with van der Waals surface area (Å²) in [6, 6.07) is 23.9. The number of aryl methyl sites for hydroxylation is 2. The molecule has 192 valence electrons. The van der Waals surface area contributed by atoms with Crippen molar-refractivity contribution in [1.29, 1.82) is 0 Å². The maximum atomic E-state index is 13.3. The van der Waals surface area contributed by atoms with E-state index >= 15 is 0 Å². The Morgan fingerprint density at radius 1 is 0.892 bits per heavy atom. The van der Waals surface area contributed by atoms with E-state index in [1.807, 2.05) is 59.3 Å². The summed E-state index contributed by atoms with van der Waals surface area (Å²) in [7, 11) is 0. The van der Waals surface area contributed by atoms with E-state index in [1.165, 1.54) is 11.1 Å². The highest BCUT2D eigenvalue weighted by atomic mass is 16.5. The smallest absolute Gasteiger partial charge is 0.303 e. The van der Waals surface area contributed by atoms with Gasteiger partial charge in [0.05, 0.1) is 6.61 Å². The monoisotopic (exact) mass is 497 g/mol. The molecule has 0 unspecified atom stereocenters. The second-order valence-electron chi connectivity index (χ2n) is 9.97. The number of nitrogens with zero attached hydrogens (tertiary/aromatic N) is 1. The highest BCUT2D eigenvalue weighted by Crippen LogP contribution is 2.25. The fourth-order valence-corrected chi connectivity index (χ4v) is 4.65. The molecular weight excluding hydrogens is 462 g/mol. The zero-order valence-corrected chi connectivity index (χ0v) is 21.7. The molecule has 4 aromatic rings. The maximum absolute atomic E-state index is 13.3. The third-order valence-corrected chi connectivity index (χ3v) is 6.48. The topological polar surface area (TPSA) is 68.5 Å². The number of ether oxygens (including phenoxy) is 1. The van der Waals surface area contributed by atoms with E-state index < -0.39 is 5.97 Å². The van der Waals surface area contributed by atoms with Gasteiger partial charge in [0, 0.05) is 41.2 Å². The van der Waals surface area contributed by atoms with Gasteiger partial charge in [-0.15, -0.1) is 0 Å². The second kappa shape index (κ2) is 12.4. The number of para-hydroxylation sites is 1. The zero-order valence-electron chi connectivity index (χ0n) is 21.7. The second-order valence-corrected chi connectivity index (χ2v) is 9.97. The number of benzene rings is 3. The zero-order chi connectivity index (χ0) is 26.2. The number of fused-ring (bicyclic) bond motifs is 1. The minimum absolute atomic E-state index is 0.0550. The Balaban J connectivity index is 1.33. The first kappa shape index (κ1) is 26.2. The van der Waals surface area contributed by atoms with Gasteiger partial charge >= 0.3 is 5.97 Å². The summed E-state index contributed by atoms with van der Waals surface area (Å²) in [5.74, 6) is 0.545. The van der Waals surface area contributed by atoms with E-state index in [2.05, 4.69) is 38.1 Å². The van der Waals surface area contributed by atoms with Crippen molar-refractivity contribution >= 4 is 22.7 Å². The summed E-state index contributed by atoms with van der Waals surface area (Å²) < 4.78 is 7.89. The van der Waals surface area contributed by atoms with Gasteiger partial charge in [-0.2, -0.15) is 0 Å². The Kier molecular flexibility index (Phi) is 8.78. The number of carbonyl (C=O) groups is 2. The Labute approximate surface area is 218 Å². The van der Waals surface area contributed by atoms with E-state index in [-0.39, 0.29) is 12.2 Å². The van der Waals surface area contributed by atoms with Crippen molar-refractivity contribution in [1.82, 2.24) is 4.57 Å². The number of aromatic nitrogens is 1. The Morgan fingerprint density at radius 2 is 1.59 bits per heavy atom. The first-order valence-electron chi connectivity index (χ1n) is 13.1. The molecule has 5 nitrogen and oxygen atoms in total. The third-order valence-electron chi connectivity index (χ3n) is 6.48. The molecule has 0 amide bonds. The van der Waals surface area contributed by atoms with E-state index in [1.54, 1.807) is 0 Å². The minimum Gasteiger partial charge on any atom is -0.494 e. The predicted octanol–water partition coefficient (Wildman–Crippen LogP) is 6.95. The Bertz CT molecular complexity index is 1330. The first-order chi connectivity index (χ1) is 17.9. The SMILES string of the molecule is CC(C)Cc1ccc(CCCOc2ccc(C(=O)c3cn(CCCC(=O)O)c4ccccc34)cc2)cc1. The molecule has 1 aromatic heterocycles. The number of carboxylic acids is 1. The summed E-state index contributed by atoms with van der Waals surface area (Å²) >= 11 is 0. The van der Waals surface area contributed by atoms with E-state index in [0.29, 0.717) is 36.6 Å². The van der Waals surface area contributed by atoms with Gasteiger partial charge < -0.3 is 14.4 Å². The normalized spacial score (nSPS) is 11.2.